The van der Waals surface area contributed by atoms with E-state index in [0.29, 0.717) is 0 Å². The first-order valence-corrected chi connectivity index (χ1v) is 19.2. The maximum Gasteiger partial charge on any atom is 0.0462 e. The topological polar surface area (TPSA) is 3.24 Å². The van der Waals surface area contributed by atoms with Crippen LogP contribution in [0.4, 0.5) is 17.1 Å². The summed E-state index contributed by atoms with van der Waals surface area (Å²) in [6.45, 7) is 0. The van der Waals surface area contributed by atoms with Crippen LogP contribution in [0.2, 0.25) is 0 Å². The quantitative estimate of drug-likeness (QED) is 0.160. The number of hydrogen-bond donors (Lipinski definition) is 0. The Balaban J connectivity index is 1.03. The summed E-state index contributed by atoms with van der Waals surface area (Å²) in [5, 5.41) is 5.17. The highest BCUT2D eigenvalue weighted by Gasteiger charge is 2.16. The number of thiophene rings is 1. The van der Waals surface area contributed by atoms with Crippen molar-refractivity contribution >= 4 is 59.3 Å². The molecule has 0 aliphatic carbocycles. The fourth-order valence-corrected chi connectivity index (χ4v) is 8.94. The Kier molecular flexibility index (Phi) is 8.09. The van der Waals surface area contributed by atoms with Crippen molar-refractivity contribution in [1.29, 1.82) is 0 Å². The number of fused-ring (bicyclic) bond motifs is 4. The molecule has 1 heterocycles. The van der Waals surface area contributed by atoms with Crippen LogP contribution < -0.4 is 4.90 Å². The van der Waals surface area contributed by atoms with E-state index in [0.717, 1.165) is 17.1 Å². The van der Waals surface area contributed by atoms with Gasteiger partial charge in [0.15, 0.2) is 0 Å². The van der Waals surface area contributed by atoms with Gasteiger partial charge in [-0.05, 0) is 104 Å². The van der Waals surface area contributed by atoms with Crippen molar-refractivity contribution < 1.29 is 0 Å². The highest BCUT2D eigenvalue weighted by molar-refractivity contribution is 7.25. The Bertz CT molecular complexity index is 2880. The molecule has 0 atom stereocenters. The van der Waals surface area contributed by atoms with Gasteiger partial charge in [-0.2, -0.15) is 0 Å². The highest BCUT2D eigenvalue weighted by atomic mass is 32.1. The zero-order valence-electron chi connectivity index (χ0n) is 29.6. The Hall–Kier alpha value is -6.74. The summed E-state index contributed by atoms with van der Waals surface area (Å²) in [6, 6.07) is 77.0. The van der Waals surface area contributed by atoms with Gasteiger partial charge in [-0.1, -0.05) is 164 Å². The van der Waals surface area contributed by atoms with E-state index < -0.39 is 0 Å². The van der Waals surface area contributed by atoms with Gasteiger partial charge in [0.25, 0.3) is 0 Å². The van der Waals surface area contributed by atoms with Gasteiger partial charge < -0.3 is 4.90 Å². The van der Waals surface area contributed by atoms with Crippen LogP contribution >= 0.6 is 11.3 Å². The molecule has 1 aromatic heterocycles. The lowest BCUT2D eigenvalue weighted by Gasteiger charge is -2.26. The van der Waals surface area contributed by atoms with Gasteiger partial charge in [-0.25, -0.2) is 0 Å². The van der Waals surface area contributed by atoms with Crippen molar-refractivity contribution in [1.82, 2.24) is 0 Å². The van der Waals surface area contributed by atoms with Crippen molar-refractivity contribution in [3.05, 3.63) is 212 Å². The maximum absolute atomic E-state index is 2.36. The molecule has 0 radical (unpaired) electrons. The van der Waals surface area contributed by atoms with Crippen molar-refractivity contribution in [2.75, 3.05) is 4.90 Å². The standard InChI is InChI=1S/C52H35NS/c1-2-10-36(11-3-1)37-20-22-38(23-21-37)39-24-30-43(31-25-39)53(44-32-26-41(27-33-44)47-16-8-13-40-12-4-5-14-46(40)47)45-34-28-42(29-35-45)48-17-9-19-51-52(48)49-15-6-7-18-50(49)54-51/h1-35H. The summed E-state index contributed by atoms with van der Waals surface area (Å²) >= 11 is 1.86. The predicted molar refractivity (Wildman–Crippen MR) is 233 cm³/mol. The average molecular weight is 706 g/mol. The first-order chi connectivity index (χ1) is 26.8. The lowest BCUT2D eigenvalue weighted by atomic mass is 9.97. The molecule has 0 spiro atoms. The summed E-state index contributed by atoms with van der Waals surface area (Å²) in [5.74, 6) is 0. The fourth-order valence-electron chi connectivity index (χ4n) is 7.81. The third kappa shape index (κ3) is 5.84. The lowest BCUT2D eigenvalue weighted by Crippen LogP contribution is -2.09. The molecule has 10 rings (SSSR count). The highest BCUT2D eigenvalue weighted by Crippen LogP contribution is 2.42. The van der Waals surface area contributed by atoms with Crippen molar-refractivity contribution in [3.8, 4) is 44.5 Å². The molecule has 0 saturated heterocycles. The molecule has 0 fully saturated rings. The molecule has 254 valence electrons. The molecule has 0 N–H and O–H groups in total. The smallest absolute Gasteiger partial charge is 0.0462 e. The SMILES string of the molecule is c1ccc(-c2ccc(-c3ccc(N(c4ccc(-c5cccc6ccccc56)cc4)c4ccc(-c5cccc6sc7ccccc7c56)cc4)cc3)cc2)cc1. The maximum atomic E-state index is 2.36. The van der Waals surface area contributed by atoms with Crippen LogP contribution in [0, 0.1) is 0 Å². The van der Waals surface area contributed by atoms with Crippen molar-refractivity contribution in [2.24, 2.45) is 0 Å². The molecule has 0 aliphatic heterocycles. The largest absolute Gasteiger partial charge is 0.311 e. The van der Waals surface area contributed by atoms with Crippen LogP contribution in [-0.2, 0) is 0 Å². The molecule has 0 unspecified atom stereocenters. The van der Waals surface area contributed by atoms with Crippen LogP contribution in [-0.4, -0.2) is 0 Å². The number of anilines is 3. The van der Waals surface area contributed by atoms with Crippen molar-refractivity contribution in [2.45, 2.75) is 0 Å². The molecular formula is C52H35NS. The van der Waals surface area contributed by atoms with E-state index in [1.165, 1.54) is 75.5 Å². The monoisotopic (exact) mass is 705 g/mol. The lowest BCUT2D eigenvalue weighted by molar-refractivity contribution is 1.28. The van der Waals surface area contributed by atoms with E-state index in [1.54, 1.807) is 0 Å². The molecule has 54 heavy (non-hydrogen) atoms. The minimum atomic E-state index is 1.11. The molecule has 0 aliphatic rings. The number of benzene rings is 9. The third-order valence-corrected chi connectivity index (χ3v) is 11.7. The van der Waals surface area contributed by atoms with E-state index in [-0.39, 0.29) is 0 Å². The number of nitrogens with zero attached hydrogens (tertiary/aromatic N) is 1. The molecule has 9 aromatic carbocycles. The molecular weight excluding hydrogens is 671 g/mol. The summed E-state index contributed by atoms with van der Waals surface area (Å²) in [4.78, 5) is 2.36. The molecule has 2 heteroatoms. The molecule has 0 saturated carbocycles. The molecule has 10 aromatic rings. The van der Waals surface area contributed by atoms with Crippen LogP contribution in [0.1, 0.15) is 0 Å². The Morgan fingerprint density at radius 2 is 0.704 bits per heavy atom. The Labute approximate surface area is 319 Å². The number of hydrogen-bond acceptors (Lipinski definition) is 2. The zero-order valence-corrected chi connectivity index (χ0v) is 30.4. The average Bonchev–Trinajstić information content (AvgIpc) is 3.64. The van der Waals surface area contributed by atoms with E-state index in [9.17, 15) is 0 Å². The third-order valence-electron chi connectivity index (χ3n) is 10.5. The van der Waals surface area contributed by atoms with Crippen molar-refractivity contribution in [3.63, 3.8) is 0 Å². The second kappa shape index (κ2) is 13.7. The van der Waals surface area contributed by atoms with Gasteiger partial charge in [0.05, 0.1) is 0 Å². The van der Waals surface area contributed by atoms with Gasteiger partial charge >= 0.3 is 0 Å². The van der Waals surface area contributed by atoms with Crippen LogP contribution in [0.5, 0.6) is 0 Å². The Morgan fingerprint density at radius 3 is 1.35 bits per heavy atom. The van der Waals surface area contributed by atoms with Gasteiger partial charge in [0.1, 0.15) is 0 Å². The first-order valence-electron chi connectivity index (χ1n) is 18.4. The molecule has 0 bridgehead atoms. The zero-order chi connectivity index (χ0) is 35.8. The normalized spacial score (nSPS) is 11.3. The first kappa shape index (κ1) is 32.0. The van der Waals surface area contributed by atoms with Gasteiger partial charge in [0, 0.05) is 37.2 Å². The Morgan fingerprint density at radius 1 is 0.278 bits per heavy atom. The number of rotatable bonds is 7. The predicted octanol–water partition coefficient (Wildman–Crippen LogP) is 15.3. The second-order valence-electron chi connectivity index (χ2n) is 13.7. The molecule has 0 amide bonds. The van der Waals surface area contributed by atoms with E-state index in [1.807, 2.05) is 11.3 Å². The minimum Gasteiger partial charge on any atom is -0.311 e. The molecule has 1 nitrogen and oxygen atoms in total. The van der Waals surface area contributed by atoms with Gasteiger partial charge in [-0.3, -0.25) is 0 Å². The van der Waals surface area contributed by atoms with Gasteiger partial charge in [0.2, 0.25) is 0 Å². The van der Waals surface area contributed by atoms with E-state index in [4.69, 9.17) is 0 Å². The summed E-state index contributed by atoms with van der Waals surface area (Å²) in [5.41, 5.74) is 13.1. The fraction of sp³-hybridized carbons (Fsp3) is 0. The van der Waals surface area contributed by atoms with Crippen LogP contribution in [0.25, 0.3) is 75.5 Å². The van der Waals surface area contributed by atoms with E-state index >= 15 is 0 Å². The van der Waals surface area contributed by atoms with E-state index in [2.05, 4.69) is 217 Å². The minimum absolute atomic E-state index is 1.11. The summed E-state index contributed by atoms with van der Waals surface area (Å²) in [7, 11) is 0. The summed E-state index contributed by atoms with van der Waals surface area (Å²) in [6.07, 6.45) is 0. The van der Waals surface area contributed by atoms with Gasteiger partial charge in [-0.15, -0.1) is 11.3 Å². The van der Waals surface area contributed by atoms with Crippen LogP contribution in [0.3, 0.4) is 0 Å². The van der Waals surface area contributed by atoms with Crippen LogP contribution in [0.15, 0.2) is 212 Å². The second-order valence-corrected chi connectivity index (χ2v) is 14.8. The summed E-state index contributed by atoms with van der Waals surface area (Å²) < 4.78 is 2.64.